The quantitative estimate of drug-likeness (QED) is 0.363. The lowest BCUT2D eigenvalue weighted by Crippen LogP contribution is -2.39. The molecule has 27 heavy (non-hydrogen) atoms. The molecule has 1 atom stereocenters. The molecule has 1 fully saturated rings. The van der Waals surface area contributed by atoms with Crippen molar-refractivity contribution in [3.63, 3.8) is 0 Å². The molecule has 1 saturated heterocycles. The van der Waals surface area contributed by atoms with Crippen molar-refractivity contribution in [3.05, 3.63) is 29.3 Å². The van der Waals surface area contributed by atoms with Gasteiger partial charge in [0.15, 0.2) is 5.96 Å². The molecule has 0 spiro atoms. The molecule has 0 radical (unpaired) electrons. The minimum atomic E-state index is -0.0393. The van der Waals surface area contributed by atoms with Crippen LogP contribution in [0, 0.1) is 0 Å². The van der Waals surface area contributed by atoms with Gasteiger partial charge in [0.25, 0.3) is 0 Å². The minimum absolute atomic E-state index is 0.0393. The van der Waals surface area contributed by atoms with Gasteiger partial charge in [-0.2, -0.15) is 0 Å². The van der Waals surface area contributed by atoms with Crippen LogP contribution in [0.15, 0.2) is 29.3 Å². The van der Waals surface area contributed by atoms with Crippen LogP contribution in [0.25, 0.3) is 0 Å². The Morgan fingerprint density at radius 2 is 2.15 bits per heavy atom. The Hall–Kier alpha value is -1.95. The second-order valence-corrected chi connectivity index (χ2v) is 6.97. The monoisotopic (exact) mass is 394 g/mol. The number of rotatable bonds is 10. The topological polar surface area (TPSA) is 66.0 Å². The summed E-state index contributed by atoms with van der Waals surface area (Å²) < 4.78 is 5.99. The summed E-state index contributed by atoms with van der Waals surface area (Å²) in [6.45, 7) is 7.92. The highest BCUT2D eigenvalue weighted by molar-refractivity contribution is 6.32. The molecule has 1 unspecified atom stereocenters. The lowest BCUT2D eigenvalue weighted by molar-refractivity contribution is -0.127. The van der Waals surface area contributed by atoms with E-state index in [1.165, 1.54) is 0 Å². The van der Waals surface area contributed by atoms with Gasteiger partial charge in [0.1, 0.15) is 11.9 Å². The molecular weight excluding hydrogens is 364 g/mol. The smallest absolute Gasteiger partial charge is 0.222 e. The van der Waals surface area contributed by atoms with Crippen molar-refractivity contribution >= 4 is 23.5 Å². The number of halogens is 1. The van der Waals surface area contributed by atoms with Crippen LogP contribution in [0.3, 0.4) is 0 Å². The van der Waals surface area contributed by atoms with E-state index in [0.29, 0.717) is 23.7 Å². The maximum Gasteiger partial charge on any atom is 0.222 e. The van der Waals surface area contributed by atoms with Gasteiger partial charge in [0, 0.05) is 32.6 Å². The fourth-order valence-corrected chi connectivity index (χ4v) is 3.10. The number of para-hydroxylation sites is 1. The van der Waals surface area contributed by atoms with Crippen molar-refractivity contribution in [2.75, 3.05) is 32.7 Å². The van der Waals surface area contributed by atoms with Crippen LogP contribution in [0.4, 0.5) is 0 Å². The number of likely N-dealkylation sites (tertiary alicyclic amines) is 1. The van der Waals surface area contributed by atoms with Gasteiger partial charge < -0.3 is 20.3 Å². The zero-order chi connectivity index (χ0) is 19.5. The average Bonchev–Trinajstić information content (AvgIpc) is 3.08. The van der Waals surface area contributed by atoms with E-state index in [1.807, 2.05) is 36.1 Å². The zero-order valence-electron chi connectivity index (χ0n) is 16.3. The molecule has 1 aliphatic rings. The Kier molecular flexibility index (Phi) is 9.25. The summed E-state index contributed by atoms with van der Waals surface area (Å²) >= 11 is 6.17. The van der Waals surface area contributed by atoms with Gasteiger partial charge in [0.05, 0.1) is 11.6 Å². The van der Waals surface area contributed by atoms with Crippen LogP contribution in [0.5, 0.6) is 5.75 Å². The van der Waals surface area contributed by atoms with E-state index in [4.69, 9.17) is 16.3 Å². The molecule has 7 heteroatoms. The summed E-state index contributed by atoms with van der Waals surface area (Å²) in [5.41, 5.74) is 0. The molecule has 2 rings (SSSR count). The normalized spacial score (nSPS) is 15.7. The molecule has 150 valence electrons. The molecule has 2 N–H and O–H groups in total. The van der Waals surface area contributed by atoms with Gasteiger partial charge in [-0.15, -0.1) is 0 Å². The van der Waals surface area contributed by atoms with Crippen molar-refractivity contribution in [2.45, 2.75) is 45.6 Å². The third-order valence-corrected chi connectivity index (χ3v) is 4.76. The molecular formula is C20H31ClN4O2. The van der Waals surface area contributed by atoms with Gasteiger partial charge in [-0.05, 0) is 38.3 Å². The molecule has 1 heterocycles. The predicted octanol–water partition coefficient (Wildman–Crippen LogP) is 3.07. The largest absolute Gasteiger partial charge is 0.487 e. The van der Waals surface area contributed by atoms with Crippen molar-refractivity contribution in [1.29, 1.82) is 0 Å². The van der Waals surface area contributed by atoms with Crippen LogP contribution in [0.1, 0.15) is 39.5 Å². The first kappa shape index (κ1) is 21.4. The van der Waals surface area contributed by atoms with E-state index in [-0.39, 0.29) is 12.0 Å². The van der Waals surface area contributed by atoms with Gasteiger partial charge in [-0.3, -0.25) is 4.79 Å². The van der Waals surface area contributed by atoms with E-state index >= 15 is 0 Å². The molecule has 0 bridgehead atoms. The number of nitrogens with zero attached hydrogens (tertiary/aromatic N) is 2. The van der Waals surface area contributed by atoms with Crippen molar-refractivity contribution < 1.29 is 9.53 Å². The number of carbonyl (C=O) groups is 1. The number of hydrogen-bond donors (Lipinski definition) is 2. The lowest BCUT2D eigenvalue weighted by atomic mass is 10.2. The highest BCUT2D eigenvalue weighted by Crippen LogP contribution is 2.24. The maximum absolute atomic E-state index is 11.6. The first-order chi connectivity index (χ1) is 13.1. The summed E-state index contributed by atoms with van der Waals surface area (Å²) in [5.74, 6) is 1.74. The first-order valence-corrected chi connectivity index (χ1v) is 10.2. The highest BCUT2D eigenvalue weighted by atomic mass is 35.5. The number of guanidine groups is 1. The van der Waals surface area contributed by atoms with Crippen LogP contribution < -0.4 is 15.4 Å². The molecule has 0 aliphatic carbocycles. The Bertz CT molecular complexity index is 624. The van der Waals surface area contributed by atoms with Crippen LogP contribution in [-0.2, 0) is 4.79 Å². The SMILES string of the molecule is CCNC(=NCC(CC)Oc1ccccc1Cl)NCCCN1CCCC1=O. The van der Waals surface area contributed by atoms with Crippen LogP contribution >= 0.6 is 11.6 Å². The van der Waals surface area contributed by atoms with Gasteiger partial charge in [-0.1, -0.05) is 30.7 Å². The number of hydrogen-bond acceptors (Lipinski definition) is 3. The number of amides is 1. The Morgan fingerprint density at radius 1 is 1.33 bits per heavy atom. The predicted molar refractivity (Wildman–Crippen MR) is 111 cm³/mol. The van der Waals surface area contributed by atoms with E-state index in [0.717, 1.165) is 51.4 Å². The summed E-state index contributed by atoms with van der Waals surface area (Å²) in [5, 5.41) is 7.20. The molecule has 0 saturated carbocycles. The second kappa shape index (κ2) is 11.7. The Labute approximate surface area is 167 Å². The van der Waals surface area contributed by atoms with E-state index < -0.39 is 0 Å². The summed E-state index contributed by atoms with van der Waals surface area (Å²) in [6, 6.07) is 7.49. The van der Waals surface area contributed by atoms with Crippen molar-refractivity contribution in [1.82, 2.24) is 15.5 Å². The lowest BCUT2D eigenvalue weighted by Gasteiger charge is -2.19. The summed E-state index contributed by atoms with van der Waals surface area (Å²) in [6.07, 6.45) is 3.39. The molecule has 1 aromatic rings. The van der Waals surface area contributed by atoms with E-state index in [9.17, 15) is 4.79 Å². The number of ether oxygens (including phenoxy) is 1. The van der Waals surface area contributed by atoms with Crippen LogP contribution in [0.2, 0.25) is 5.02 Å². The molecule has 1 amide bonds. The third kappa shape index (κ3) is 7.29. The summed E-state index contributed by atoms with van der Waals surface area (Å²) in [4.78, 5) is 18.2. The molecule has 1 aromatic carbocycles. The van der Waals surface area contributed by atoms with E-state index in [2.05, 4.69) is 22.5 Å². The number of nitrogens with one attached hydrogen (secondary N) is 2. The number of aliphatic imine (C=N–C) groups is 1. The highest BCUT2D eigenvalue weighted by Gasteiger charge is 2.19. The number of carbonyl (C=O) groups excluding carboxylic acids is 1. The van der Waals surface area contributed by atoms with E-state index in [1.54, 1.807) is 0 Å². The minimum Gasteiger partial charge on any atom is -0.487 e. The van der Waals surface area contributed by atoms with Gasteiger partial charge in [0.2, 0.25) is 5.91 Å². The number of benzene rings is 1. The fourth-order valence-electron chi connectivity index (χ4n) is 2.92. The van der Waals surface area contributed by atoms with Gasteiger partial charge >= 0.3 is 0 Å². The first-order valence-electron chi connectivity index (χ1n) is 9.85. The molecule has 6 nitrogen and oxygen atoms in total. The fraction of sp³-hybridized carbons (Fsp3) is 0.600. The average molecular weight is 395 g/mol. The van der Waals surface area contributed by atoms with Gasteiger partial charge in [-0.25, -0.2) is 4.99 Å². The zero-order valence-corrected chi connectivity index (χ0v) is 17.1. The third-order valence-electron chi connectivity index (χ3n) is 4.45. The Morgan fingerprint density at radius 3 is 2.81 bits per heavy atom. The van der Waals surface area contributed by atoms with Crippen LogP contribution in [-0.4, -0.2) is 55.6 Å². The second-order valence-electron chi connectivity index (χ2n) is 6.56. The maximum atomic E-state index is 11.6. The summed E-state index contributed by atoms with van der Waals surface area (Å²) in [7, 11) is 0. The molecule has 1 aliphatic heterocycles. The standard InChI is InChI=1S/C20H31ClN4O2/c1-3-16(27-18-10-6-5-9-17(18)21)15-24-20(22-4-2)23-12-8-14-25-13-7-11-19(25)26/h5-6,9-10,16H,3-4,7-8,11-15H2,1-2H3,(H2,22,23,24). The molecule has 0 aromatic heterocycles. The van der Waals surface area contributed by atoms with Crippen molar-refractivity contribution in [3.8, 4) is 5.75 Å². The Balaban J connectivity index is 1.79. The van der Waals surface area contributed by atoms with Crippen molar-refractivity contribution in [2.24, 2.45) is 4.99 Å².